The second-order valence-electron chi connectivity index (χ2n) is 4.62. The standard InChI is InChI=1S/C16H15ClN2O3/c1-11(15(20)19(2)12-7-4-3-5-8-12)22-16(21)13-9-6-10-18-14(13)17/h3-11H,1-2H3. The number of amides is 1. The molecule has 0 spiro atoms. The molecule has 1 heterocycles. The number of likely N-dealkylation sites (N-methyl/N-ethyl adjacent to an activating group) is 1. The minimum absolute atomic E-state index is 0.0450. The number of pyridine rings is 1. The number of carbonyl (C=O) groups excluding carboxylic acids is 2. The van der Waals surface area contributed by atoms with Gasteiger partial charge in [0.05, 0.1) is 5.56 Å². The molecule has 1 unspecified atom stereocenters. The highest BCUT2D eigenvalue weighted by Crippen LogP contribution is 2.16. The summed E-state index contributed by atoms with van der Waals surface area (Å²) in [6.07, 6.45) is 0.533. The Labute approximate surface area is 133 Å². The largest absolute Gasteiger partial charge is 0.449 e. The van der Waals surface area contributed by atoms with E-state index in [2.05, 4.69) is 4.98 Å². The SMILES string of the molecule is CC(OC(=O)c1cccnc1Cl)C(=O)N(C)c1ccccc1. The van der Waals surface area contributed by atoms with E-state index in [9.17, 15) is 9.59 Å². The fraction of sp³-hybridized carbons (Fsp3) is 0.188. The summed E-state index contributed by atoms with van der Waals surface area (Å²) in [6.45, 7) is 1.52. The summed E-state index contributed by atoms with van der Waals surface area (Å²) >= 11 is 5.83. The van der Waals surface area contributed by atoms with Gasteiger partial charge in [-0.25, -0.2) is 9.78 Å². The van der Waals surface area contributed by atoms with Gasteiger partial charge in [0.1, 0.15) is 5.15 Å². The maximum Gasteiger partial charge on any atom is 0.342 e. The molecule has 2 aromatic rings. The van der Waals surface area contributed by atoms with Crippen molar-refractivity contribution < 1.29 is 14.3 Å². The van der Waals surface area contributed by atoms with Crippen LogP contribution in [-0.2, 0) is 9.53 Å². The molecule has 1 atom stereocenters. The lowest BCUT2D eigenvalue weighted by Crippen LogP contribution is -2.37. The van der Waals surface area contributed by atoms with Gasteiger partial charge in [-0.2, -0.15) is 0 Å². The van der Waals surface area contributed by atoms with Crippen LogP contribution in [0.3, 0.4) is 0 Å². The number of nitrogens with zero attached hydrogens (tertiary/aromatic N) is 2. The first kappa shape index (κ1) is 16.0. The van der Waals surface area contributed by atoms with Crippen LogP contribution in [0.25, 0.3) is 0 Å². The Bertz CT molecular complexity index is 676. The van der Waals surface area contributed by atoms with Crippen LogP contribution in [0.2, 0.25) is 5.15 Å². The Morgan fingerprint density at radius 1 is 1.18 bits per heavy atom. The average molecular weight is 319 g/mol. The molecule has 0 aliphatic rings. The van der Waals surface area contributed by atoms with Crippen molar-refractivity contribution in [3.05, 3.63) is 59.4 Å². The van der Waals surface area contributed by atoms with Gasteiger partial charge < -0.3 is 9.64 Å². The van der Waals surface area contributed by atoms with Gasteiger partial charge in [0.2, 0.25) is 0 Å². The number of para-hydroxylation sites is 1. The monoisotopic (exact) mass is 318 g/mol. The summed E-state index contributed by atoms with van der Waals surface area (Å²) in [5.74, 6) is -1.01. The Morgan fingerprint density at radius 2 is 1.86 bits per heavy atom. The number of ether oxygens (including phenoxy) is 1. The topological polar surface area (TPSA) is 59.5 Å². The van der Waals surface area contributed by atoms with Crippen molar-refractivity contribution in [1.29, 1.82) is 0 Å². The minimum Gasteiger partial charge on any atom is -0.449 e. The molecule has 1 amide bonds. The zero-order valence-corrected chi connectivity index (χ0v) is 12.9. The van der Waals surface area contributed by atoms with Gasteiger partial charge in [-0.15, -0.1) is 0 Å². The number of rotatable bonds is 4. The van der Waals surface area contributed by atoms with Gasteiger partial charge in [0.15, 0.2) is 6.10 Å². The number of halogens is 1. The summed E-state index contributed by atoms with van der Waals surface area (Å²) in [7, 11) is 1.62. The second-order valence-corrected chi connectivity index (χ2v) is 4.98. The Kier molecular flexibility index (Phi) is 5.12. The van der Waals surface area contributed by atoms with Gasteiger partial charge in [-0.05, 0) is 31.2 Å². The first-order valence-electron chi connectivity index (χ1n) is 6.65. The van der Waals surface area contributed by atoms with Crippen molar-refractivity contribution >= 4 is 29.2 Å². The number of anilines is 1. The van der Waals surface area contributed by atoms with Crippen LogP contribution in [0.4, 0.5) is 5.69 Å². The van der Waals surface area contributed by atoms with Crippen molar-refractivity contribution in [3.63, 3.8) is 0 Å². The number of esters is 1. The van der Waals surface area contributed by atoms with Gasteiger partial charge in [-0.3, -0.25) is 4.79 Å². The third kappa shape index (κ3) is 3.62. The fourth-order valence-electron chi connectivity index (χ4n) is 1.86. The number of benzene rings is 1. The van der Waals surface area contributed by atoms with E-state index < -0.39 is 12.1 Å². The Morgan fingerprint density at radius 3 is 2.50 bits per heavy atom. The Balaban J connectivity index is 2.06. The molecule has 0 radical (unpaired) electrons. The van der Waals surface area contributed by atoms with Crippen molar-refractivity contribution in [2.75, 3.05) is 11.9 Å². The summed E-state index contributed by atoms with van der Waals surface area (Å²) in [5.41, 5.74) is 0.848. The molecule has 6 heteroatoms. The van der Waals surface area contributed by atoms with Gasteiger partial charge in [0, 0.05) is 18.9 Å². The zero-order chi connectivity index (χ0) is 16.1. The number of hydrogen-bond acceptors (Lipinski definition) is 4. The fourth-order valence-corrected chi connectivity index (χ4v) is 2.06. The predicted octanol–water partition coefficient (Wildman–Crippen LogP) is 2.94. The van der Waals surface area contributed by atoms with Crippen LogP contribution < -0.4 is 4.90 Å². The maximum absolute atomic E-state index is 12.3. The minimum atomic E-state index is -0.936. The first-order valence-corrected chi connectivity index (χ1v) is 7.02. The highest BCUT2D eigenvalue weighted by atomic mass is 35.5. The number of carbonyl (C=O) groups is 2. The highest BCUT2D eigenvalue weighted by molar-refractivity contribution is 6.32. The lowest BCUT2D eigenvalue weighted by atomic mass is 10.2. The lowest BCUT2D eigenvalue weighted by molar-refractivity contribution is -0.126. The molecule has 1 aromatic heterocycles. The molecule has 1 aromatic carbocycles. The van der Waals surface area contributed by atoms with Crippen LogP contribution in [0, 0.1) is 0 Å². The third-order valence-corrected chi connectivity index (χ3v) is 3.39. The molecule has 0 N–H and O–H groups in total. The van der Waals surface area contributed by atoms with E-state index in [1.807, 2.05) is 18.2 Å². The highest BCUT2D eigenvalue weighted by Gasteiger charge is 2.24. The van der Waals surface area contributed by atoms with Crippen molar-refractivity contribution in [1.82, 2.24) is 4.98 Å². The van der Waals surface area contributed by atoms with E-state index in [1.54, 1.807) is 25.2 Å². The molecule has 0 saturated carbocycles. The van der Waals surface area contributed by atoms with E-state index in [0.717, 1.165) is 5.69 Å². The van der Waals surface area contributed by atoms with Crippen LogP contribution in [-0.4, -0.2) is 30.0 Å². The van der Waals surface area contributed by atoms with Crippen LogP contribution >= 0.6 is 11.6 Å². The van der Waals surface area contributed by atoms with E-state index in [1.165, 1.54) is 24.1 Å². The van der Waals surface area contributed by atoms with Gasteiger partial charge in [0.25, 0.3) is 5.91 Å². The molecule has 114 valence electrons. The van der Waals surface area contributed by atoms with Crippen LogP contribution in [0.1, 0.15) is 17.3 Å². The zero-order valence-electron chi connectivity index (χ0n) is 12.2. The molecular formula is C16H15ClN2O3. The number of aromatic nitrogens is 1. The van der Waals surface area contributed by atoms with E-state index in [4.69, 9.17) is 16.3 Å². The molecule has 22 heavy (non-hydrogen) atoms. The molecule has 5 nitrogen and oxygen atoms in total. The second kappa shape index (κ2) is 7.04. The smallest absolute Gasteiger partial charge is 0.342 e. The normalized spacial score (nSPS) is 11.6. The lowest BCUT2D eigenvalue weighted by Gasteiger charge is -2.21. The summed E-state index contributed by atoms with van der Waals surface area (Å²) in [6, 6.07) is 12.2. The van der Waals surface area contributed by atoms with E-state index in [-0.39, 0.29) is 16.6 Å². The third-order valence-electron chi connectivity index (χ3n) is 3.08. The first-order chi connectivity index (χ1) is 10.5. The van der Waals surface area contributed by atoms with Gasteiger partial charge in [-0.1, -0.05) is 29.8 Å². The predicted molar refractivity (Wildman–Crippen MR) is 84.0 cm³/mol. The maximum atomic E-state index is 12.3. The molecule has 0 bridgehead atoms. The van der Waals surface area contributed by atoms with Gasteiger partial charge >= 0.3 is 5.97 Å². The number of hydrogen-bond donors (Lipinski definition) is 0. The van der Waals surface area contributed by atoms with Crippen molar-refractivity contribution in [3.8, 4) is 0 Å². The van der Waals surface area contributed by atoms with Crippen molar-refractivity contribution in [2.45, 2.75) is 13.0 Å². The van der Waals surface area contributed by atoms with Crippen LogP contribution in [0.5, 0.6) is 0 Å². The summed E-state index contributed by atoms with van der Waals surface area (Å²) in [5, 5.41) is 0.0450. The van der Waals surface area contributed by atoms with E-state index in [0.29, 0.717) is 0 Å². The molecule has 0 aliphatic heterocycles. The molecule has 0 fully saturated rings. The van der Waals surface area contributed by atoms with E-state index >= 15 is 0 Å². The molecular weight excluding hydrogens is 304 g/mol. The summed E-state index contributed by atoms with van der Waals surface area (Å²) in [4.78, 5) is 29.6. The van der Waals surface area contributed by atoms with Crippen molar-refractivity contribution in [2.24, 2.45) is 0 Å². The molecule has 0 aliphatic carbocycles. The summed E-state index contributed by atoms with van der Waals surface area (Å²) < 4.78 is 5.17. The van der Waals surface area contributed by atoms with Crippen LogP contribution in [0.15, 0.2) is 48.7 Å². The Hall–Kier alpha value is -2.40. The molecule has 0 saturated heterocycles. The average Bonchev–Trinajstić information content (AvgIpc) is 2.54. The quantitative estimate of drug-likeness (QED) is 0.642. The molecule has 2 rings (SSSR count).